The van der Waals surface area contributed by atoms with Crippen molar-refractivity contribution in [3.8, 4) is 11.1 Å². The molecule has 132 valence electrons. The zero-order chi connectivity index (χ0) is 18.2. The van der Waals surface area contributed by atoms with Crippen LogP contribution in [0, 0.1) is 0 Å². The molecule has 4 heteroatoms. The molecule has 0 saturated heterocycles. The maximum Gasteiger partial charge on any atom is 0.255 e. The second-order valence-electron chi connectivity index (χ2n) is 6.13. The molecule has 3 rings (SSSR count). The normalized spacial score (nSPS) is 10.3. The lowest BCUT2D eigenvalue weighted by molar-refractivity contribution is 0.102. The van der Waals surface area contributed by atoms with Gasteiger partial charge in [-0.05, 0) is 66.1 Å². The molecule has 2 aromatic carbocycles. The van der Waals surface area contributed by atoms with Crippen molar-refractivity contribution < 1.29 is 4.79 Å². The lowest BCUT2D eigenvalue weighted by Crippen LogP contribution is -2.12. The molecule has 2 N–H and O–H groups in total. The molecule has 0 fully saturated rings. The highest BCUT2D eigenvalue weighted by Crippen LogP contribution is 2.20. The van der Waals surface area contributed by atoms with Gasteiger partial charge in [0.15, 0.2) is 0 Å². The van der Waals surface area contributed by atoms with Gasteiger partial charge in [0.1, 0.15) is 0 Å². The highest BCUT2D eigenvalue weighted by Gasteiger charge is 2.08. The van der Waals surface area contributed by atoms with Gasteiger partial charge in [0.2, 0.25) is 0 Å². The number of hydrogen-bond donors (Lipinski definition) is 2. The summed E-state index contributed by atoms with van der Waals surface area (Å²) in [4.78, 5) is 16.6. The third-order valence-electron chi connectivity index (χ3n) is 4.14. The van der Waals surface area contributed by atoms with Crippen molar-refractivity contribution in [2.75, 3.05) is 17.2 Å². The summed E-state index contributed by atoms with van der Waals surface area (Å²) in [5, 5.41) is 6.32. The van der Waals surface area contributed by atoms with Crippen molar-refractivity contribution in [2.45, 2.75) is 19.8 Å². The Balaban J connectivity index is 1.66. The Bertz CT molecular complexity index is 845. The van der Waals surface area contributed by atoms with Crippen molar-refractivity contribution in [1.82, 2.24) is 4.98 Å². The van der Waals surface area contributed by atoms with Crippen LogP contribution in [0.3, 0.4) is 0 Å². The SMILES string of the molecule is CCCCNc1ccc(NC(=O)c2cccc(-c3ccncc3)c2)cc1. The maximum absolute atomic E-state index is 12.6. The molecule has 1 heterocycles. The van der Waals surface area contributed by atoms with Crippen LogP contribution < -0.4 is 10.6 Å². The van der Waals surface area contributed by atoms with E-state index >= 15 is 0 Å². The minimum Gasteiger partial charge on any atom is -0.385 e. The average Bonchev–Trinajstić information content (AvgIpc) is 2.70. The van der Waals surface area contributed by atoms with E-state index < -0.39 is 0 Å². The van der Waals surface area contributed by atoms with Crippen molar-refractivity contribution in [2.24, 2.45) is 0 Å². The Hall–Kier alpha value is -3.14. The molecule has 1 amide bonds. The van der Waals surface area contributed by atoms with Gasteiger partial charge in [-0.3, -0.25) is 9.78 Å². The Morgan fingerprint density at radius 2 is 1.65 bits per heavy atom. The Morgan fingerprint density at radius 3 is 2.38 bits per heavy atom. The van der Waals surface area contributed by atoms with Crippen LogP contribution in [0.1, 0.15) is 30.1 Å². The molecule has 0 saturated carbocycles. The number of anilines is 2. The first-order chi connectivity index (χ1) is 12.8. The van der Waals surface area contributed by atoms with E-state index in [1.54, 1.807) is 12.4 Å². The zero-order valence-electron chi connectivity index (χ0n) is 14.9. The molecule has 4 nitrogen and oxygen atoms in total. The van der Waals surface area contributed by atoms with E-state index in [-0.39, 0.29) is 5.91 Å². The second-order valence-corrected chi connectivity index (χ2v) is 6.13. The summed E-state index contributed by atoms with van der Waals surface area (Å²) in [6.45, 7) is 3.13. The lowest BCUT2D eigenvalue weighted by Gasteiger charge is -2.09. The molecule has 0 spiro atoms. The first-order valence-corrected chi connectivity index (χ1v) is 8.92. The maximum atomic E-state index is 12.6. The Morgan fingerprint density at radius 1 is 0.923 bits per heavy atom. The smallest absolute Gasteiger partial charge is 0.255 e. The predicted molar refractivity (Wildman–Crippen MR) is 107 cm³/mol. The zero-order valence-corrected chi connectivity index (χ0v) is 14.9. The first kappa shape index (κ1) is 17.7. The summed E-state index contributed by atoms with van der Waals surface area (Å²) in [5.74, 6) is -0.118. The molecule has 0 aliphatic rings. The molecule has 0 aliphatic heterocycles. The number of unbranched alkanes of at least 4 members (excludes halogenated alkanes) is 1. The summed E-state index contributed by atoms with van der Waals surface area (Å²) >= 11 is 0. The number of rotatable bonds is 7. The summed E-state index contributed by atoms with van der Waals surface area (Å²) in [6.07, 6.45) is 5.81. The van der Waals surface area contributed by atoms with E-state index in [1.165, 1.54) is 6.42 Å². The van der Waals surface area contributed by atoms with Gasteiger partial charge in [-0.2, -0.15) is 0 Å². The average molecular weight is 345 g/mol. The van der Waals surface area contributed by atoms with Gasteiger partial charge in [-0.1, -0.05) is 25.5 Å². The van der Waals surface area contributed by atoms with Gasteiger partial charge in [0.05, 0.1) is 0 Å². The fourth-order valence-electron chi connectivity index (χ4n) is 2.67. The summed E-state index contributed by atoms with van der Waals surface area (Å²) in [5.41, 5.74) is 4.51. The van der Waals surface area contributed by atoms with E-state index in [4.69, 9.17) is 0 Å². The van der Waals surface area contributed by atoms with Gasteiger partial charge in [-0.15, -0.1) is 0 Å². The highest BCUT2D eigenvalue weighted by molar-refractivity contribution is 6.05. The van der Waals surface area contributed by atoms with Crippen molar-refractivity contribution in [3.63, 3.8) is 0 Å². The quantitative estimate of drug-likeness (QED) is 0.578. The molecule has 26 heavy (non-hydrogen) atoms. The van der Waals surface area contributed by atoms with Crippen LogP contribution in [0.5, 0.6) is 0 Å². The molecular formula is C22H23N3O. The minimum absolute atomic E-state index is 0.118. The van der Waals surface area contributed by atoms with E-state index in [1.807, 2.05) is 60.7 Å². The second kappa shape index (κ2) is 8.81. The molecule has 0 bridgehead atoms. The van der Waals surface area contributed by atoms with Gasteiger partial charge >= 0.3 is 0 Å². The third kappa shape index (κ3) is 4.70. The monoisotopic (exact) mass is 345 g/mol. The van der Waals surface area contributed by atoms with Gasteiger partial charge in [0.25, 0.3) is 5.91 Å². The van der Waals surface area contributed by atoms with E-state index in [2.05, 4.69) is 22.5 Å². The molecule has 0 unspecified atom stereocenters. The van der Waals surface area contributed by atoms with Crippen molar-refractivity contribution >= 4 is 17.3 Å². The van der Waals surface area contributed by atoms with Gasteiger partial charge in [-0.25, -0.2) is 0 Å². The van der Waals surface area contributed by atoms with Crippen LogP contribution in [0.4, 0.5) is 11.4 Å². The molecule has 1 aromatic heterocycles. The van der Waals surface area contributed by atoms with Crippen LogP contribution in [0.2, 0.25) is 0 Å². The molecule has 0 atom stereocenters. The third-order valence-corrected chi connectivity index (χ3v) is 4.14. The van der Waals surface area contributed by atoms with Crippen LogP contribution >= 0.6 is 0 Å². The number of carbonyl (C=O) groups is 1. The van der Waals surface area contributed by atoms with Crippen LogP contribution in [0.15, 0.2) is 73.1 Å². The number of carbonyl (C=O) groups excluding carboxylic acids is 1. The fourth-order valence-corrected chi connectivity index (χ4v) is 2.67. The number of nitrogens with zero attached hydrogens (tertiary/aromatic N) is 1. The van der Waals surface area contributed by atoms with Crippen LogP contribution in [-0.2, 0) is 0 Å². The molecule has 3 aromatic rings. The number of benzene rings is 2. The topological polar surface area (TPSA) is 54.0 Å². The largest absolute Gasteiger partial charge is 0.385 e. The highest BCUT2D eigenvalue weighted by atomic mass is 16.1. The minimum atomic E-state index is -0.118. The lowest BCUT2D eigenvalue weighted by atomic mass is 10.0. The Labute approximate surface area is 154 Å². The molecule has 0 aliphatic carbocycles. The van der Waals surface area contributed by atoms with Gasteiger partial charge < -0.3 is 10.6 Å². The fraction of sp³-hybridized carbons (Fsp3) is 0.182. The number of nitrogens with one attached hydrogen (secondary N) is 2. The van der Waals surface area contributed by atoms with Gasteiger partial charge in [0, 0.05) is 35.9 Å². The summed E-state index contributed by atoms with van der Waals surface area (Å²) < 4.78 is 0. The first-order valence-electron chi connectivity index (χ1n) is 8.92. The predicted octanol–water partition coefficient (Wildman–Crippen LogP) is 5.21. The number of aromatic nitrogens is 1. The summed E-state index contributed by atoms with van der Waals surface area (Å²) in [6, 6.07) is 19.3. The van der Waals surface area contributed by atoms with E-state index in [0.29, 0.717) is 5.56 Å². The molecule has 0 radical (unpaired) electrons. The summed E-state index contributed by atoms with van der Waals surface area (Å²) in [7, 11) is 0. The van der Waals surface area contributed by atoms with Crippen molar-refractivity contribution in [3.05, 3.63) is 78.6 Å². The number of pyridine rings is 1. The van der Waals surface area contributed by atoms with E-state index in [9.17, 15) is 4.79 Å². The Kier molecular flexibility index (Phi) is 5.99. The van der Waals surface area contributed by atoms with Crippen molar-refractivity contribution in [1.29, 1.82) is 0 Å². The van der Waals surface area contributed by atoms with Crippen LogP contribution in [0.25, 0.3) is 11.1 Å². The van der Waals surface area contributed by atoms with E-state index in [0.717, 1.165) is 35.5 Å². The number of hydrogen-bond acceptors (Lipinski definition) is 3. The van der Waals surface area contributed by atoms with Crippen LogP contribution in [-0.4, -0.2) is 17.4 Å². The number of amides is 1. The standard InChI is InChI=1S/C22H23N3O/c1-2-3-13-24-20-7-9-21(10-8-20)25-22(26)19-6-4-5-18(16-19)17-11-14-23-15-12-17/h4-12,14-16,24H,2-3,13H2,1H3,(H,25,26). The molecular weight excluding hydrogens is 322 g/mol.